The molecule has 1 aromatic heterocycles. The molecule has 3 heterocycles. The number of esters is 1. The van der Waals surface area contributed by atoms with Gasteiger partial charge in [-0.25, -0.2) is 14.2 Å². The number of nitrogens with zero attached hydrogens (tertiary/aromatic N) is 3. The van der Waals surface area contributed by atoms with Crippen molar-refractivity contribution in [3.63, 3.8) is 0 Å². The number of nitrogens with one attached hydrogen (secondary N) is 1. The van der Waals surface area contributed by atoms with Crippen molar-refractivity contribution in [2.45, 2.75) is 32.5 Å². The van der Waals surface area contributed by atoms with Crippen LogP contribution in [0.3, 0.4) is 0 Å². The lowest BCUT2D eigenvalue weighted by atomic mass is 9.93. The molecule has 0 bridgehead atoms. The lowest BCUT2D eigenvalue weighted by molar-refractivity contribution is -0.141. The lowest BCUT2D eigenvalue weighted by Gasteiger charge is -2.36. The Kier molecular flexibility index (Phi) is 7.65. The van der Waals surface area contributed by atoms with E-state index in [2.05, 4.69) is 15.3 Å². The van der Waals surface area contributed by atoms with Crippen molar-refractivity contribution in [1.82, 2.24) is 15.2 Å². The van der Waals surface area contributed by atoms with Crippen LogP contribution in [0.25, 0.3) is 0 Å². The number of hydrogen-bond acceptors (Lipinski definition) is 7. The molecule has 3 aromatic rings. The van der Waals surface area contributed by atoms with Crippen LogP contribution < -0.4 is 5.32 Å². The number of halogens is 1. The first-order valence-electron chi connectivity index (χ1n) is 12.1. The molecule has 38 heavy (non-hydrogen) atoms. The maximum Gasteiger partial charge on any atom is 0.338 e. The normalized spacial score (nSPS) is 16.5. The minimum atomic E-state index is -0.834. The number of fused-ring (bicyclic) bond motifs is 1. The molecular weight excluding hydrogens is 503 g/mol. The SMILES string of the molecule is CC1=C(C(=O)OCc2ccccc2)[C@@H](c2ccccc2F)N2C(CC(=O)NCc3cccnc3)=CSC2=N1. The van der Waals surface area contributed by atoms with Gasteiger partial charge in [0, 0.05) is 30.2 Å². The van der Waals surface area contributed by atoms with Crippen LogP contribution in [0.1, 0.15) is 36.1 Å². The fraction of sp³-hybridized carbons (Fsp3) is 0.172. The number of amides is 1. The maximum atomic E-state index is 15.2. The average molecular weight is 529 g/mol. The standard InChI is InChI=1S/C29H25FN4O3S/c1-19-26(28(36)37-17-20-8-3-2-4-9-20)27(23-11-5-6-12-24(23)30)34-22(18-38-29(34)33-19)14-25(35)32-16-21-10-7-13-31-15-21/h2-13,15,18,27H,14,16-17H2,1H3,(H,32,35)/t27-/m1/s1. The predicted molar refractivity (Wildman–Crippen MR) is 144 cm³/mol. The van der Waals surface area contributed by atoms with Crippen LogP contribution in [0.5, 0.6) is 0 Å². The molecule has 0 radical (unpaired) electrons. The van der Waals surface area contributed by atoms with E-state index < -0.39 is 17.8 Å². The first-order chi connectivity index (χ1) is 18.5. The fourth-order valence-electron chi connectivity index (χ4n) is 4.35. The van der Waals surface area contributed by atoms with Gasteiger partial charge in [0.15, 0.2) is 5.17 Å². The number of thioether (sulfide) groups is 1. The van der Waals surface area contributed by atoms with E-state index >= 15 is 4.39 Å². The number of benzene rings is 2. The van der Waals surface area contributed by atoms with Gasteiger partial charge in [-0.3, -0.25) is 9.78 Å². The van der Waals surface area contributed by atoms with E-state index in [0.29, 0.717) is 28.7 Å². The summed E-state index contributed by atoms with van der Waals surface area (Å²) in [5.74, 6) is -1.26. The fourth-order valence-corrected chi connectivity index (χ4v) is 5.32. The number of rotatable bonds is 8. The molecule has 2 aliphatic rings. The molecule has 0 aliphatic carbocycles. The van der Waals surface area contributed by atoms with E-state index in [-0.39, 0.29) is 24.5 Å². The van der Waals surface area contributed by atoms with E-state index in [9.17, 15) is 9.59 Å². The molecule has 9 heteroatoms. The number of carbonyl (C=O) groups excluding carboxylic acids is 2. The van der Waals surface area contributed by atoms with E-state index in [1.807, 2.05) is 41.8 Å². The first-order valence-corrected chi connectivity index (χ1v) is 12.9. The Hall–Kier alpha value is -4.24. The zero-order valence-corrected chi connectivity index (χ0v) is 21.5. The van der Waals surface area contributed by atoms with Gasteiger partial charge in [-0.15, -0.1) is 0 Å². The summed E-state index contributed by atoms with van der Waals surface area (Å²) in [7, 11) is 0. The summed E-state index contributed by atoms with van der Waals surface area (Å²) >= 11 is 1.34. The molecule has 192 valence electrons. The maximum absolute atomic E-state index is 15.2. The smallest absolute Gasteiger partial charge is 0.338 e. The van der Waals surface area contributed by atoms with Crippen LogP contribution in [0, 0.1) is 5.82 Å². The van der Waals surface area contributed by atoms with Gasteiger partial charge in [0.2, 0.25) is 5.91 Å². The molecule has 2 aromatic carbocycles. The summed E-state index contributed by atoms with van der Waals surface area (Å²) in [6.07, 6.45) is 3.39. The van der Waals surface area contributed by atoms with Gasteiger partial charge in [-0.05, 0) is 35.6 Å². The summed E-state index contributed by atoms with van der Waals surface area (Å²) in [6.45, 7) is 2.13. The molecule has 0 unspecified atom stereocenters. The van der Waals surface area contributed by atoms with Crippen LogP contribution in [-0.4, -0.2) is 26.9 Å². The number of aromatic nitrogens is 1. The topological polar surface area (TPSA) is 83.9 Å². The molecule has 0 saturated carbocycles. The first kappa shape index (κ1) is 25.4. The van der Waals surface area contributed by atoms with Gasteiger partial charge in [-0.2, -0.15) is 0 Å². The Bertz CT molecular complexity index is 1440. The summed E-state index contributed by atoms with van der Waals surface area (Å²) in [4.78, 5) is 36.8. The molecule has 7 nitrogen and oxygen atoms in total. The quantitative estimate of drug-likeness (QED) is 0.403. The van der Waals surface area contributed by atoms with Crippen molar-refractivity contribution < 1.29 is 18.7 Å². The highest BCUT2D eigenvalue weighted by Crippen LogP contribution is 2.45. The zero-order valence-electron chi connectivity index (χ0n) is 20.6. The second-order valence-electron chi connectivity index (χ2n) is 8.79. The summed E-state index contributed by atoms with van der Waals surface area (Å²) < 4.78 is 20.8. The van der Waals surface area contributed by atoms with Crippen LogP contribution in [-0.2, 0) is 27.5 Å². The highest BCUT2D eigenvalue weighted by Gasteiger charge is 2.42. The highest BCUT2D eigenvalue weighted by atomic mass is 32.2. The third kappa shape index (κ3) is 5.52. The second kappa shape index (κ2) is 11.4. The zero-order chi connectivity index (χ0) is 26.5. The minimum Gasteiger partial charge on any atom is -0.457 e. The number of carbonyl (C=O) groups is 2. The number of allylic oxidation sites excluding steroid dienone is 1. The summed E-state index contributed by atoms with van der Waals surface area (Å²) in [5, 5.41) is 5.29. The van der Waals surface area contributed by atoms with E-state index in [4.69, 9.17) is 4.74 Å². The van der Waals surface area contributed by atoms with Gasteiger partial charge in [0.05, 0.1) is 23.7 Å². The van der Waals surface area contributed by atoms with Crippen molar-refractivity contribution in [2.75, 3.05) is 0 Å². The van der Waals surface area contributed by atoms with Crippen molar-refractivity contribution >= 4 is 28.8 Å². The van der Waals surface area contributed by atoms with Crippen molar-refractivity contribution in [1.29, 1.82) is 0 Å². The Balaban J connectivity index is 1.41. The molecule has 0 saturated heterocycles. The lowest BCUT2D eigenvalue weighted by Crippen LogP contribution is -2.38. The van der Waals surface area contributed by atoms with Crippen molar-refractivity contribution in [3.8, 4) is 0 Å². The van der Waals surface area contributed by atoms with Gasteiger partial charge in [0.25, 0.3) is 0 Å². The van der Waals surface area contributed by atoms with Gasteiger partial charge < -0.3 is 15.0 Å². The Morgan fingerprint density at radius 1 is 1.05 bits per heavy atom. The number of hydrogen-bond donors (Lipinski definition) is 1. The molecule has 0 spiro atoms. The molecular formula is C29H25FN4O3S. The van der Waals surface area contributed by atoms with Crippen LogP contribution in [0.4, 0.5) is 4.39 Å². The van der Waals surface area contributed by atoms with Gasteiger partial charge >= 0.3 is 5.97 Å². The molecule has 1 atom stereocenters. The van der Waals surface area contributed by atoms with Gasteiger partial charge in [-0.1, -0.05) is 66.4 Å². The molecule has 1 amide bonds. The summed E-state index contributed by atoms with van der Waals surface area (Å²) in [6, 6.07) is 18.5. The number of ether oxygens (including phenoxy) is 1. The second-order valence-corrected chi connectivity index (χ2v) is 9.63. The minimum absolute atomic E-state index is 0.0304. The monoisotopic (exact) mass is 528 g/mol. The molecule has 5 rings (SSSR count). The molecule has 0 fully saturated rings. The Morgan fingerprint density at radius 2 is 1.82 bits per heavy atom. The largest absolute Gasteiger partial charge is 0.457 e. The van der Waals surface area contributed by atoms with Gasteiger partial charge in [0.1, 0.15) is 12.4 Å². The van der Waals surface area contributed by atoms with Crippen molar-refractivity contribution in [3.05, 3.63) is 124 Å². The third-order valence-electron chi connectivity index (χ3n) is 6.19. The Labute approximate surface area is 224 Å². The Morgan fingerprint density at radius 3 is 2.58 bits per heavy atom. The van der Waals surface area contributed by atoms with E-state index in [1.54, 1.807) is 48.5 Å². The van der Waals surface area contributed by atoms with Crippen LogP contribution in [0.15, 0.2) is 106 Å². The predicted octanol–water partition coefficient (Wildman–Crippen LogP) is 5.25. The van der Waals surface area contributed by atoms with E-state index in [1.165, 1.54) is 17.8 Å². The van der Waals surface area contributed by atoms with Crippen LogP contribution in [0.2, 0.25) is 0 Å². The molecule has 2 aliphatic heterocycles. The third-order valence-corrected chi connectivity index (χ3v) is 7.08. The molecule has 1 N–H and O–H groups in total. The average Bonchev–Trinajstić information content (AvgIpc) is 3.33. The number of amidine groups is 1. The van der Waals surface area contributed by atoms with E-state index in [0.717, 1.165) is 11.1 Å². The highest BCUT2D eigenvalue weighted by molar-refractivity contribution is 8.16. The van der Waals surface area contributed by atoms with Crippen LogP contribution >= 0.6 is 11.8 Å². The van der Waals surface area contributed by atoms with Crippen molar-refractivity contribution in [2.24, 2.45) is 4.99 Å². The number of pyridine rings is 1. The summed E-state index contributed by atoms with van der Waals surface area (Å²) in [5.41, 5.74) is 3.32. The number of aliphatic imine (C=N–C) groups is 1.